The zero-order valence-corrected chi connectivity index (χ0v) is 15.7. The van der Waals surface area contributed by atoms with Crippen molar-refractivity contribution < 1.29 is 14.6 Å². The van der Waals surface area contributed by atoms with Gasteiger partial charge in [-0.15, -0.1) is 0 Å². The Kier molecular flexibility index (Phi) is 17.2. The maximum Gasteiger partial charge on any atom is 0.306 e. The summed E-state index contributed by atoms with van der Waals surface area (Å²) in [5, 5.41) is 8.83. The van der Waals surface area contributed by atoms with Gasteiger partial charge in [0.25, 0.3) is 0 Å². The molecule has 0 bridgehead atoms. The molecule has 0 saturated heterocycles. The number of carbonyl (C=O) groups is 1. The van der Waals surface area contributed by atoms with Gasteiger partial charge < -0.3 is 9.84 Å². The first-order chi connectivity index (χ1) is 11.7. The van der Waals surface area contributed by atoms with Crippen LogP contribution in [0.1, 0.15) is 96.8 Å². The van der Waals surface area contributed by atoms with Gasteiger partial charge in [-0.25, -0.2) is 0 Å². The average molecular weight is 339 g/mol. The first-order valence-corrected chi connectivity index (χ1v) is 9.84. The lowest BCUT2D eigenvalue weighted by Crippen LogP contribution is -2.06. The molecule has 0 unspecified atom stereocenters. The van der Waals surface area contributed by atoms with Gasteiger partial charge >= 0.3 is 5.97 Å². The van der Waals surface area contributed by atoms with Crippen molar-refractivity contribution in [2.75, 3.05) is 6.61 Å². The lowest BCUT2D eigenvalue weighted by molar-refractivity contribution is -0.143. The summed E-state index contributed by atoms with van der Waals surface area (Å²) in [5.41, 5.74) is 0. The van der Waals surface area contributed by atoms with Crippen LogP contribution in [0, 0.1) is 0 Å². The fourth-order valence-electron chi connectivity index (χ4n) is 2.58. The maximum atomic E-state index is 11.3. The van der Waals surface area contributed by atoms with E-state index in [-0.39, 0.29) is 18.3 Å². The molecule has 0 rings (SSSR count). The summed E-state index contributed by atoms with van der Waals surface area (Å²) in [6.45, 7) is 5.45. The van der Waals surface area contributed by atoms with Crippen molar-refractivity contribution in [3.8, 4) is 0 Å². The predicted octanol–water partition coefficient (Wildman–Crippen LogP) is 6.64. The van der Waals surface area contributed by atoms with Crippen molar-refractivity contribution in [1.29, 1.82) is 0 Å². The van der Waals surface area contributed by atoms with Crippen molar-refractivity contribution >= 4 is 5.97 Å². The second-order valence-electron chi connectivity index (χ2n) is 6.56. The van der Waals surface area contributed by atoms with Gasteiger partial charge in [-0.1, -0.05) is 77.0 Å². The van der Waals surface area contributed by atoms with E-state index in [1.54, 1.807) is 0 Å². The SMILES string of the molecule is C=C(O)COC(=O)CCCCCCC/C=C\CCCCCCCC. The molecule has 0 aliphatic carbocycles. The molecule has 0 atom stereocenters. The van der Waals surface area contributed by atoms with Crippen LogP contribution in [-0.2, 0) is 9.53 Å². The van der Waals surface area contributed by atoms with Crippen LogP contribution >= 0.6 is 0 Å². The second kappa shape index (κ2) is 18.1. The third-order valence-electron chi connectivity index (χ3n) is 4.04. The third-order valence-corrected chi connectivity index (χ3v) is 4.04. The Balaban J connectivity index is 3.20. The average Bonchev–Trinajstić information content (AvgIpc) is 2.56. The molecule has 0 heterocycles. The molecule has 0 aliphatic rings. The molecule has 24 heavy (non-hydrogen) atoms. The number of hydrogen-bond acceptors (Lipinski definition) is 3. The highest BCUT2D eigenvalue weighted by atomic mass is 16.5. The fraction of sp³-hybridized carbons (Fsp3) is 0.762. The van der Waals surface area contributed by atoms with Crippen LogP contribution in [0.15, 0.2) is 24.5 Å². The van der Waals surface area contributed by atoms with Crippen LogP contribution in [0.3, 0.4) is 0 Å². The second-order valence-corrected chi connectivity index (χ2v) is 6.56. The summed E-state index contributed by atoms with van der Waals surface area (Å²) >= 11 is 0. The molecular formula is C21H38O3. The summed E-state index contributed by atoms with van der Waals surface area (Å²) in [6, 6.07) is 0. The number of aliphatic hydroxyl groups excluding tert-OH is 1. The normalized spacial score (nSPS) is 11.0. The molecule has 0 aromatic heterocycles. The number of aliphatic hydroxyl groups is 1. The van der Waals surface area contributed by atoms with Crippen LogP contribution in [0.5, 0.6) is 0 Å². The van der Waals surface area contributed by atoms with Gasteiger partial charge in [0.2, 0.25) is 0 Å². The zero-order valence-electron chi connectivity index (χ0n) is 15.7. The van der Waals surface area contributed by atoms with Crippen molar-refractivity contribution in [2.24, 2.45) is 0 Å². The minimum atomic E-state index is -0.247. The molecule has 0 aliphatic heterocycles. The van der Waals surface area contributed by atoms with Crippen molar-refractivity contribution in [2.45, 2.75) is 96.8 Å². The van der Waals surface area contributed by atoms with E-state index in [4.69, 9.17) is 9.84 Å². The van der Waals surface area contributed by atoms with Crippen LogP contribution < -0.4 is 0 Å². The van der Waals surface area contributed by atoms with Crippen molar-refractivity contribution in [3.05, 3.63) is 24.5 Å². The van der Waals surface area contributed by atoms with Gasteiger partial charge in [0.15, 0.2) is 0 Å². The Labute approximate surface area is 149 Å². The Morgan fingerprint density at radius 3 is 1.92 bits per heavy atom. The van der Waals surface area contributed by atoms with Crippen molar-refractivity contribution in [3.63, 3.8) is 0 Å². The van der Waals surface area contributed by atoms with E-state index in [0.717, 1.165) is 12.8 Å². The number of allylic oxidation sites excluding steroid dienone is 2. The number of esters is 1. The van der Waals surface area contributed by atoms with Gasteiger partial charge in [0, 0.05) is 6.42 Å². The van der Waals surface area contributed by atoms with Gasteiger partial charge in [0.1, 0.15) is 12.4 Å². The Bertz CT molecular complexity index is 334. The minimum Gasteiger partial charge on any atom is -0.509 e. The number of carbonyl (C=O) groups excluding carboxylic acids is 1. The first-order valence-electron chi connectivity index (χ1n) is 9.84. The number of ether oxygens (including phenoxy) is 1. The number of unbranched alkanes of at least 4 members (excludes halogenated alkanes) is 11. The van der Waals surface area contributed by atoms with E-state index in [0.29, 0.717) is 6.42 Å². The van der Waals surface area contributed by atoms with Crippen LogP contribution in [-0.4, -0.2) is 17.7 Å². The van der Waals surface area contributed by atoms with E-state index < -0.39 is 0 Å². The van der Waals surface area contributed by atoms with Gasteiger partial charge in [0.05, 0.1) is 0 Å². The summed E-state index contributed by atoms with van der Waals surface area (Å²) in [7, 11) is 0. The molecule has 0 aromatic rings. The first kappa shape index (κ1) is 22.8. The van der Waals surface area contributed by atoms with Crippen LogP contribution in [0.4, 0.5) is 0 Å². The largest absolute Gasteiger partial charge is 0.509 e. The summed E-state index contributed by atoms with van der Waals surface area (Å²) in [4.78, 5) is 11.3. The summed E-state index contributed by atoms with van der Waals surface area (Å²) in [5.74, 6) is -0.351. The molecule has 3 heteroatoms. The van der Waals surface area contributed by atoms with E-state index >= 15 is 0 Å². The van der Waals surface area contributed by atoms with Gasteiger partial charge in [-0.2, -0.15) is 0 Å². The monoisotopic (exact) mass is 338 g/mol. The molecule has 0 spiro atoms. The third kappa shape index (κ3) is 18.8. The topological polar surface area (TPSA) is 46.5 Å². The van der Waals surface area contributed by atoms with Crippen molar-refractivity contribution in [1.82, 2.24) is 0 Å². The maximum absolute atomic E-state index is 11.3. The van der Waals surface area contributed by atoms with Gasteiger partial charge in [-0.3, -0.25) is 4.79 Å². The molecule has 0 fully saturated rings. The Morgan fingerprint density at radius 1 is 0.875 bits per heavy atom. The molecule has 0 aromatic carbocycles. The smallest absolute Gasteiger partial charge is 0.306 e. The quantitative estimate of drug-likeness (QED) is 0.140. The van der Waals surface area contributed by atoms with Gasteiger partial charge in [-0.05, 0) is 32.1 Å². The Hall–Kier alpha value is -1.25. The lowest BCUT2D eigenvalue weighted by Gasteiger charge is -2.03. The van der Waals surface area contributed by atoms with E-state index in [2.05, 4.69) is 25.7 Å². The standard InChI is InChI=1S/C21H38O3/c1-3-4-5-6-7-8-9-10-11-12-13-14-15-16-17-18-21(23)24-19-20(2)22/h10-11,22H,2-9,12-19H2,1H3/b11-10-. The molecular weight excluding hydrogens is 300 g/mol. The van der Waals surface area contributed by atoms with E-state index in [1.807, 2.05) is 0 Å². The molecule has 0 saturated carbocycles. The molecule has 140 valence electrons. The van der Waals surface area contributed by atoms with Crippen LogP contribution in [0.25, 0.3) is 0 Å². The number of rotatable bonds is 17. The van der Waals surface area contributed by atoms with Crippen LogP contribution in [0.2, 0.25) is 0 Å². The molecule has 0 amide bonds. The highest BCUT2D eigenvalue weighted by Crippen LogP contribution is 2.10. The molecule has 3 nitrogen and oxygen atoms in total. The summed E-state index contributed by atoms with van der Waals surface area (Å²) < 4.78 is 4.82. The summed E-state index contributed by atoms with van der Waals surface area (Å²) in [6.07, 6.45) is 21.3. The number of hydrogen-bond donors (Lipinski definition) is 1. The highest BCUT2D eigenvalue weighted by molar-refractivity contribution is 5.69. The lowest BCUT2D eigenvalue weighted by atomic mass is 10.1. The fourth-order valence-corrected chi connectivity index (χ4v) is 2.58. The van der Waals surface area contributed by atoms with E-state index in [9.17, 15) is 4.79 Å². The molecule has 0 radical (unpaired) electrons. The highest BCUT2D eigenvalue weighted by Gasteiger charge is 2.02. The van der Waals surface area contributed by atoms with E-state index in [1.165, 1.54) is 70.6 Å². The predicted molar refractivity (Wildman–Crippen MR) is 102 cm³/mol. The Morgan fingerprint density at radius 2 is 1.38 bits per heavy atom. The minimum absolute atomic E-state index is 0.0795. The zero-order chi connectivity index (χ0) is 17.9. The molecule has 1 N–H and O–H groups in total.